The fourth-order valence-corrected chi connectivity index (χ4v) is 1.74. The smallest absolute Gasteiger partial charge is 0.138 e. The number of hydrogen-bond acceptors (Lipinski definition) is 2. The summed E-state index contributed by atoms with van der Waals surface area (Å²) in [6.07, 6.45) is 0. The van der Waals surface area contributed by atoms with Crippen LogP contribution in [0.25, 0.3) is 0 Å². The molecule has 1 N–H and O–H groups in total. The molecule has 0 unspecified atom stereocenters. The van der Waals surface area contributed by atoms with Gasteiger partial charge in [-0.25, -0.2) is 0 Å². The van der Waals surface area contributed by atoms with Crippen molar-refractivity contribution in [1.29, 1.82) is 0 Å². The third-order valence-corrected chi connectivity index (χ3v) is 2.81. The largest absolute Gasteiger partial charge is 0.487 e. The molecule has 0 fully saturated rings. The molecule has 0 atom stereocenters. The summed E-state index contributed by atoms with van der Waals surface area (Å²) < 4.78 is 5.64. The van der Waals surface area contributed by atoms with E-state index in [1.165, 1.54) is 0 Å². The Morgan fingerprint density at radius 3 is 2.47 bits per heavy atom. The second-order valence-corrected chi connectivity index (χ2v) is 4.28. The molecule has 2 nitrogen and oxygen atoms in total. The predicted octanol–water partition coefficient (Wildman–Crippen LogP) is 3.26. The Morgan fingerprint density at radius 2 is 1.79 bits per heavy atom. The van der Waals surface area contributed by atoms with Crippen molar-refractivity contribution in [3.8, 4) is 17.6 Å². The van der Waals surface area contributed by atoms with Crippen LogP contribution < -0.4 is 4.74 Å². The number of aliphatic hydroxyl groups excluding tert-OH is 1. The van der Waals surface area contributed by atoms with Crippen molar-refractivity contribution >= 4 is 11.6 Å². The third-order valence-electron chi connectivity index (χ3n) is 2.50. The molecule has 0 saturated carbocycles. The van der Waals surface area contributed by atoms with Gasteiger partial charge in [-0.15, -0.1) is 0 Å². The lowest BCUT2D eigenvalue weighted by Crippen LogP contribution is -1.95. The first-order valence-electron chi connectivity index (χ1n) is 5.85. The molecule has 2 aromatic rings. The van der Waals surface area contributed by atoms with E-state index in [1.54, 1.807) is 6.07 Å². The average molecular weight is 273 g/mol. The van der Waals surface area contributed by atoms with Gasteiger partial charge in [-0.1, -0.05) is 47.7 Å². The first-order chi connectivity index (χ1) is 9.29. The molecular formula is C16H13ClO2. The number of aliphatic hydroxyl groups is 1. The van der Waals surface area contributed by atoms with Crippen LogP contribution in [0.3, 0.4) is 0 Å². The maximum atomic E-state index is 8.61. The molecule has 19 heavy (non-hydrogen) atoms. The molecule has 0 aromatic heterocycles. The van der Waals surface area contributed by atoms with Gasteiger partial charge in [-0.2, -0.15) is 0 Å². The fraction of sp³-hybridized carbons (Fsp3) is 0.125. The van der Waals surface area contributed by atoms with E-state index in [0.717, 1.165) is 11.1 Å². The highest BCUT2D eigenvalue weighted by Gasteiger charge is 2.00. The normalized spacial score (nSPS) is 9.58. The average Bonchev–Trinajstić information content (AvgIpc) is 2.45. The Labute approximate surface area is 117 Å². The van der Waals surface area contributed by atoms with E-state index in [9.17, 15) is 0 Å². The zero-order chi connectivity index (χ0) is 13.5. The standard InChI is InChI=1S/C16H13ClO2/c17-15-5-1-2-6-16(15)19-12-14-9-7-13(8-10-14)4-3-11-18/h1-2,5-10,18H,11-12H2. The molecule has 0 aliphatic rings. The lowest BCUT2D eigenvalue weighted by atomic mass is 10.1. The third kappa shape index (κ3) is 4.03. The van der Waals surface area contributed by atoms with Crippen LogP contribution in [0.4, 0.5) is 0 Å². The highest BCUT2D eigenvalue weighted by atomic mass is 35.5. The summed E-state index contributed by atoms with van der Waals surface area (Å²) in [6, 6.07) is 15.1. The van der Waals surface area contributed by atoms with Crippen molar-refractivity contribution in [3.63, 3.8) is 0 Å². The molecule has 0 saturated heterocycles. The van der Waals surface area contributed by atoms with E-state index in [0.29, 0.717) is 17.4 Å². The van der Waals surface area contributed by atoms with Crippen LogP contribution in [0.1, 0.15) is 11.1 Å². The van der Waals surface area contributed by atoms with E-state index >= 15 is 0 Å². The van der Waals surface area contributed by atoms with E-state index in [1.807, 2.05) is 42.5 Å². The fourth-order valence-electron chi connectivity index (χ4n) is 1.55. The molecule has 0 amide bonds. The summed E-state index contributed by atoms with van der Waals surface area (Å²) in [5.74, 6) is 6.12. The van der Waals surface area contributed by atoms with Gasteiger partial charge in [0.05, 0.1) is 5.02 Å². The number of rotatable bonds is 3. The zero-order valence-electron chi connectivity index (χ0n) is 10.3. The van der Waals surface area contributed by atoms with Crippen LogP contribution in [0.15, 0.2) is 48.5 Å². The van der Waals surface area contributed by atoms with Crippen molar-refractivity contribution in [2.75, 3.05) is 6.61 Å². The van der Waals surface area contributed by atoms with E-state index < -0.39 is 0 Å². The van der Waals surface area contributed by atoms with Crippen LogP contribution >= 0.6 is 11.6 Å². The lowest BCUT2D eigenvalue weighted by molar-refractivity contribution is 0.306. The van der Waals surface area contributed by atoms with Gasteiger partial charge in [0.25, 0.3) is 0 Å². The van der Waals surface area contributed by atoms with Gasteiger partial charge in [0.1, 0.15) is 19.0 Å². The molecule has 2 aromatic carbocycles. The van der Waals surface area contributed by atoms with Crippen LogP contribution in [-0.2, 0) is 6.61 Å². The number of ether oxygens (including phenoxy) is 1. The first kappa shape index (κ1) is 13.5. The van der Waals surface area contributed by atoms with E-state index in [4.69, 9.17) is 21.4 Å². The highest BCUT2D eigenvalue weighted by molar-refractivity contribution is 6.32. The summed E-state index contributed by atoms with van der Waals surface area (Å²) in [5, 5.41) is 9.22. The Balaban J connectivity index is 1.99. The van der Waals surface area contributed by atoms with E-state index in [-0.39, 0.29) is 6.61 Å². The summed E-state index contributed by atoms with van der Waals surface area (Å²) in [7, 11) is 0. The summed E-state index contributed by atoms with van der Waals surface area (Å²) in [6.45, 7) is 0.328. The molecule has 2 rings (SSSR count). The lowest BCUT2D eigenvalue weighted by Gasteiger charge is -2.07. The molecule has 96 valence electrons. The van der Waals surface area contributed by atoms with Gasteiger partial charge in [-0.3, -0.25) is 0 Å². The van der Waals surface area contributed by atoms with Gasteiger partial charge in [0.2, 0.25) is 0 Å². The van der Waals surface area contributed by atoms with Crippen molar-refractivity contribution in [1.82, 2.24) is 0 Å². The van der Waals surface area contributed by atoms with Crippen LogP contribution in [0.5, 0.6) is 5.75 Å². The molecule has 0 aliphatic heterocycles. The molecule has 0 heterocycles. The first-order valence-corrected chi connectivity index (χ1v) is 6.23. The second kappa shape index (κ2) is 6.84. The minimum absolute atomic E-state index is 0.128. The van der Waals surface area contributed by atoms with Crippen LogP contribution in [0, 0.1) is 11.8 Å². The minimum Gasteiger partial charge on any atom is -0.487 e. The molecule has 3 heteroatoms. The molecule has 0 radical (unpaired) electrons. The number of halogens is 1. The van der Waals surface area contributed by atoms with Crippen LogP contribution in [0.2, 0.25) is 5.02 Å². The SMILES string of the molecule is OCC#Cc1ccc(COc2ccccc2Cl)cc1. The van der Waals surface area contributed by atoms with Crippen molar-refractivity contribution in [3.05, 3.63) is 64.7 Å². The maximum absolute atomic E-state index is 8.61. The topological polar surface area (TPSA) is 29.5 Å². The number of para-hydroxylation sites is 1. The van der Waals surface area contributed by atoms with Gasteiger partial charge < -0.3 is 9.84 Å². The highest BCUT2D eigenvalue weighted by Crippen LogP contribution is 2.24. The summed E-state index contributed by atoms with van der Waals surface area (Å²) in [5.41, 5.74) is 1.91. The van der Waals surface area contributed by atoms with Gasteiger partial charge in [0, 0.05) is 5.56 Å². The van der Waals surface area contributed by atoms with Crippen molar-refractivity contribution in [2.45, 2.75) is 6.61 Å². The number of hydrogen-bond donors (Lipinski definition) is 1. The van der Waals surface area contributed by atoms with Crippen molar-refractivity contribution in [2.24, 2.45) is 0 Å². The molecule has 0 bridgehead atoms. The minimum atomic E-state index is -0.128. The summed E-state index contributed by atoms with van der Waals surface area (Å²) in [4.78, 5) is 0. The Bertz CT molecular complexity index is 594. The Hall–Kier alpha value is -1.95. The molecular weight excluding hydrogens is 260 g/mol. The van der Waals surface area contributed by atoms with Crippen molar-refractivity contribution < 1.29 is 9.84 Å². The Kier molecular flexibility index (Phi) is 4.85. The molecule has 0 spiro atoms. The monoisotopic (exact) mass is 272 g/mol. The van der Waals surface area contributed by atoms with Crippen LogP contribution in [-0.4, -0.2) is 11.7 Å². The number of benzene rings is 2. The Morgan fingerprint density at radius 1 is 1.05 bits per heavy atom. The molecule has 0 aliphatic carbocycles. The quantitative estimate of drug-likeness (QED) is 0.869. The van der Waals surface area contributed by atoms with Gasteiger partial charge >= 0.3 is 0 Å². The zero-order valence-corrected chi connectivity index (χ0v) is 11.0. The van der Waals surface area contributed by atoms with E-state index in [2.05, 4.69) is 11.8 Å². The second-order valence-electron chi connectivity index (χ2n) is 3.88. The van der Waals surface area contributed by atoms with Gasteiger partial charge in [-0.05, 0) is 29.8 Å². The summed E-state index contributed by atoms with van der Waals surface area (Å²) >= 11 is 6.01. The predicted molar refractivity (Wildman–Crippen MR) is 76.2 cm³/mol. The van der Waals surface area contributed by atoms with Gasteiger partial charge in [0.15, 0.2) is 0 Å². The maximum Gasteiger partial charge on any atom is 0.138 e.